The highest BCUT2D eigenvalue weighted by Gasteiger charge is 2.19. The van der Waals surface area contributed by atoms with Crippen molar-refractivity contribution >= 4 is 33.6 Å². The van der Waals surface area contributed by atoms with E-state index in [9.17, 15) is 13.2 Å². The summed E-state index contributed by atoms with van der Waals surface area (Å²) in [6, 6.07) is 5.56. The summed E-state index contributed by atoms with van der Waals surface area (Å²) in [6.45, 7) is 1.80. The fourth-order valence-corrected chi connectivity index (χ4v) is 3.16. The van der Waals surface area contributed by atoms with Gasteiger partial charge in [0.05, 0.1) is 18.7 Å². The van der Waals surface area contributed by atoms with Gasteiger partial charge in [-0.15, -0.1) is 11.6 Å². The lowest BCUT2D eigenvalue weighted by Crippen LogP contribution is -2.35. The van der Waals surface area contributed by atoms with Crippen molar-refractivity contribution in [2.75, 3.05) is 24.9 Å². The first kappa shape index (κ1) is 20.6. The Morgan fingerprint density at radius 3 is 2.67 bits per heavy atom. The number of aromatic nitrogens is 3. The Bertz CT molecular complexity index is 909. The molecule has 1 aromatic carbocycles. The van der Waals surface area contributed by atoms with Crippen LogP contribution in [-0.4, -0.2) is 49.0 Å². The maximum Gasteiger partial charge on any atom is 0.335 e. The second-order valence-electron chi connectivity index (χ2n) is 5.15. The van der Waals surface area contributed by atoms with Crippen LogP contribution in [0.4, 0.5) is 10.7 Å². The molecule has 2 N–H and O–H groups in total. The molecule has 2 rings (SSSR count). The fraction of sp³-hybridized carbons (Fsp3) is 0.333. The Balaban J connectivity index is 2.06. The monoisotopic (exact) mass is 415 g/mol. The van der Waals surface area contributed by atoms with Gasteiger partial charge in [0, 0.05) is 5.56 Å². The third kappa shape index (κ3) is 6.53. The van der Waals surface area contributed by atoms with E-state index in [2.05, 4.69) is 20.3 Å². The molecule has 10 nitrogen and oxygen atoms in total. The summed E-state index contributed by atoms with van der Waals surface area (Å²) in [7, 11) is -2.65. The Morgan fingerprint density at radius 1 is 1.22 bits per heavy atom. The Morgan fingerprint density at radius 2 is 1.96 bits per heavy atom. The number of nitrogens with zero attached hydrogens (tertiary/aromatic N) is 3. The molecule has 0 spiro atoms. The molecule has 2 amide bonds. The lowest BCUT2D eigenvalue weighted by molar-refractivity contribution is 0.256. The van der Waals surface area contributed by atoms with Crippen LogP contribution < -0.4 is 19.5 Å². The number of carbonyl (C=O) groups excluding carboxylic acids is 1. The summed E-state index contributed by atoms with van der Waals surface area (Å²) in [4.78, 5) is 23.6. The lowest BCUT2D eigenvalue weighted by atomic mass is 10.2. The molecular formula is C15H18ClN5O5S. The highest BCUT2D eigenvalue weighted by atomic mass is 35.5. The predicted octanol–water partition coefficient (Wildman–Crippen LogP) is 1.46. The fourth-order valence-electron chi connectivity index (χ4n) is 2.03. The summed E-state index contributed by atoms with van der Waals surface area (Å²) >= 11 is 5.58. The van der Waals surface area contributed by atoms with E-state index >= 15 is 0 Å². The predicted molar refractivity (Wildman–Crippen MR) is 98.6 cm³/mol. The van der Waals surface area contributed by atoms with Gasteiger partial charge in [0.1, 0.15) is 18.2 Å². The van der Waals surface area contributed by atoms with Gasteiger partial charge < -0.3 is 9.47 Å². The van der Waals surface area contributed by atoms with Crippen LogP contribution in [0.5, 0.6) is 11.8 Å². The van der Waals surface area contributed by atoms with Crippen LogP contribution >= 0.6 is 11.6 Å². The Kier molecular flexibility index (Phi) is 7.13. The normalized spacial score (nSPS) is 10.9. The van der Waals surface area contributed by atoms with E-state index in [1.807, 2.05) is 4.72 Å². The molecule has 27 heavy (non-hydrogen) atoms. The zero-order valence-corrected chi connectivity index (χ0v) is 16.2. The topological polar surface area (TPSA) is 132 Å². The van der Waals surface area contributed by atoms with Crippen LogP contribution in [-0.2, 0) is 15.8 Å². The maximum atomic E-state index is 12.3. The number of nitrogens with one attached hydrogen (secondary N) is 2. The molecule has 0 bridgehead atoms. The highest BCUT2D eigenvalue weighted by molar-refractivity contribution is 7.89. The number of benzene rings is 1. The van der Waals surface area contributed by atoms with Crippen molar-refractivity contribution in [3.05, 3.63) is 35.7 Å². The van der Waals surface area contributed by atoms with E-state index in [0.29, 0.717) is 17.1 Å². The van der Waals surface area contributed by atoms with Crippen molar-refractivity contribution in [2.24, 2.45) is 0 Å². The molecule has 0 aliphatic heterocycles. The molecule has 1 aromatic heterocycles. The first-order chi connectivity index (χ1) is 12.8. The van der Waals surface area contributed by atoms with Crippen LogP contribution in [0.1, 0.15) is 11.4 Å². The number of sulfonamides is 1. The van der Waals surface area contributed by atoms with Crippen LogP contribution in [0.3, 0.4) is 0 Å². The number of aryl methyl sites for hydroxylation is 1. The molecule has 12 heteroatoms. The number of para-hydroxylation sites is 1. The molecular weight excluding hydrogens is 398 g/mol. The number of alkyl halides is 1. The number of anilines is 1. The van der Waals surface area contributed by atoms with Gasteiger partial charge in [0.25, 0.3) is 0 Å². The largest absolute Gasteiger partial charge is 0.492 e. The average molecular weight is 416 g/mol. The minimum atomic E-state index is -4.00. The number of amides is 2. The number of ether oxygens (including phenoxy) is 2. The molecule has 0 aliphatic rings. The summed E-state index contributed by atoms with van der Waals surface area (Å²) in [6.07, 6.45) is 0. The van der Waals surface area contributed by atoms with E-state index in [-0.39, 0.29) is 24.4 Å². The highest BCUT2D eigenvalue weighted by Crippen LogP contribution is 2.20. The van der Waals surface area contributed by atoms with Crippen molar-refractivity contribution in [1.29, 1.82) is 0 Å². The molecule has 1 heterocycles. The van der Waals surface area contributed by atoms with E-state index in [1.54, 1.807) is 31.2 Å². The number of rotatable bonds is 8. The van der Waals surface area contributed by atoms with Crippen LogP contribution in [0.2, 0.25) is 0 Å². The first-order valence-corrected chi connectivity index (χ1v) is 9.86. The number of methoxy groups -OCH3 is 1. The van der Waals surface area contributed by atoms with Gasteiger partial charge in [0.2, 0.25) is 16.0 Å². The van der Waals surface area contributed by atoms with Gasteiger partial charge in [0.15, 0.2) is 0 Å². The maximum absolute atomic E-state index is 12.3. The SMILES string of the molecule is COc1nc(C)nc(NC(=O)NS(=O)(=O)Cc2ccccc2OCCCl)n1. The van der Waals surface area contributed by atoms with E-state index in [4.69, 9.17) is 21.1 Å². The van der Waals surface area contributed by atoms with E-state index in [1.165, 1.54) is 7.11 Å². The standard InChI is InChI=1S/C15H18ClN5O5S/c1-10-17-13(20-15(18-10)25-2)19-14(22)21-27(23,24)9-11-5-3-4-6-12(11)26-8-7-16/h3-6H,7-9H2,1-2H3,(H2,17,18,19,20,21,22). The first-order valence-electron chi connectivity index (χ1n) is 7.68. The van der Waals surface area contributed by atoms with Gasteiger partial charge in [-0.25, -0.2) is 17.9 Å². The molecule has 2 aromatic rings. The number of halogens is 1. The summed E-state index contributed by atoms with van der Waals surface area (Å²) < 4.78 is 36.7. The van der Waals surface area contributed by atoms with Crippen molar-refractivity contribution < 1.29 is 22.7 Å². The Labute approximate surface area is 161 Å². The second kappa shape index (κ2) is 9.33. The smallest absolute Gasteiger partial charge is 0.335 e. The minimum Gasteiger partial charge on any atom is -0.492 e. The van der Waals surface area contributed by atoms with Crippen LogP contribution in [0.25, 0.3) is 0 Å². The van der Waals surface area contributed by atoms with Gasteiger partial charge in [-0.05, 0) is 13.0 Å². The molecule has 0 radical (unpaired) electrons. The molecule has 0 unspecified atom stereocenters. The molecule has 146 valence electrons. The molecule has 0 aliphatic carbocycles. The average Bonchev–Trinajstić information content (AvgIpc) is 2.59. The third-order valence-corrected chi connectivity index (χ3v) is 4.38. The van der Waals surface area contributed by atoms with Gasteiger partial charge in [-0.3, -0.25) is 5.32 Å². The van der Waals surface area contributed by atoms with Gasteiger partial charge in [-0.2, -0.15) is 15.0 Å². The molecule has 0 saturated heterocycles. The molecule has 0 fully saturated rings. The van der Waals surface area contributed by atoms with Crippen molar-refractivity contribution in [3.63, 3.8) is 0 Å². The molecule has 0 atom stereocenters. The van der Waals surface area contributed by atoms with Crippen molar-refractivity contribution in [2.45, 2.75) is 12.7 Å². The summed E-state index contributed by atoms with van der Waals surface area (Å²) in [5.41, 5.74) is 0.389. The zero-order valence-electron chi connectivity index (χ0n) is 14.6. The van der Waals surface area contributed by atoms with Crippen molar-refractivity contribution in [3.8, 4) is 11.8 Å². The number of carbonyl (C=O) groups is 1. The Hall–Kier alpha value is -2.66. The number of hydrogen-bond donors (Lipinski definition) is 2. The van der Waals surface area contributed by atoms with Crippen LogP contribution in [0, 0.1) is 6.92 Å². The second-order valence-corrected chi connectivity index (χ2v) is 7.25. The summed E-state index contributed by atoms with van der Waals surface area (Å²) in [5, 5.41) is 2.23. The van der Waals surface area contributed by atoms with E-state index in [0.717, 1.165) is 0 Å². The van der Waals surface area contributed by atoms with E-state index < -0.39 is 21.8 Å². The third-order valence-electron chi connectivity index (χ3n) is 3.04. The summed E-state index contributed by atoms with van der Waals surface area (Å²) in [5.74, 6) is 0.333. The van der Waals surface area contributed by atoms with Crippen LogP contribution in [0.15, 0.2) is 24.3 Å². The van der Waals surface area contributed by atoms with Gasteiger partial charge in [-0.1, -0.05) is 18.2 Å². The minimum absolute atomic E-state index is 0.00831. The quantitative estimate of drug-likeness (QED) is 0.619. The molecule has 0 saturated carbocycles. The van der Waals surface area contributed by atoms with Crippen molar-refractivity contribution in [1.82, 2.24) is 19.7 Å². The van der Waals surface area contributed by atoms with Gasteiger partial charge >= 0.3 is 12.0 Å². The number of urea groups is 1. The number of hydrogen-bond acceptors (Lipinski definition) is 8. The zero-order chi connectivity index (χ0) is 19.9. The lowest BCUT2D eigenvalue weighted by Gasteiger charge is -2.12.